The number of rotatable bonds is 10. The maximum Gasteiger partial charge on any atom is 0.276 e. The van der Waals surface area contributed by atoms with Gasteiger partial charge >= 0.3 is 0 Å². The minimum atomic E-state index is -0.425. The zero-order valence-electron chi connectivity index (χ0n) is 19.6. The first-order valence-electron chi connectivity index (χ1n) is 11.1. The van der Waals surface area contributed by atoms with Crippen LogP contribution >= 0.6 is 12.2 Å². The molecule has 0 saturated carbocycles. The van der Waals surface area contributed by atoms with Crippen LogP contribution in [-0.4, -0.2) is 30.1 Å². The fourth-order valence-corrected chi connectivity index (χ4v) is 3.03. The van der Waals surface area contributed by atoms with Gasteiger partial charge in [0.05, 0.1) is 6.61 Å². The summed E-state index contributed by atoms with van der Waals surface area (Å²) in [5, 5.41) is 2.50. The third kappa shape index (κ3) is 9.10. The number of hydrazine groups is 1. The molecule has 2 aromatic rings. The highest BCUT2D eigenvalue weighted by Gasteiger charge is 2.12. The standard InChI is InChI=1S/C25H33N3O4S/c1-5-18(4)21-11-6-7-12-22(21)32-16-23(29)27-28-25(33)26-24(30)19-9-8-10-20(15-19)31-14-13-17(2)3/h6-12,15,17-18H,5,13-14,16H2,1-4H3,(H,27,29)(H2,26,28,30,33). The van der Waals surface area contributed by atoms with Crippen molar-refractivity contribution < 1.29 is 19.1 Å². The van der Waals surface area contributed by atoms with E-state index in [0.717, 1.165) is 18.4 Å². The van der Waals surface area contributed by atoms with Gasteiger partial charge in [-0.1, -0.05) is 52.0 Å². The second-order valence-electron chi connectivity index (χ2n) is 8.15. The Balaban J connectivity index is 1.79. The Labute approximate surface area is 201 Å². The predicted octanol–water partition coefficient (Wildman–Crippen LogP) is 4.34. The molecule has 2 amide bonds. The summed E-state index contributed by atoms with van der Waals surface area (Å²) in [6.07, 6.45) is 1.89. The smallest absolute Gasteiger partial charge is 0.276 e. The second-order valence-corrected chi connectivity index (χ2v) is 8.56. The van der Waals surface area contributed by atoms with Crippen molar-refractivity contribution in [2.24, 2.45) is 5.92 Å². The summed E-state index contributed by atoms with van der Waals surface area (Å²) in [5.74, 6) is 1.32. The largest absolute Gasteiger partial charge is 0.494 e. The molecule has 33 heavy (non-hydrogen) atoms. The Hall–Kier alpha value is -3.13. The third-order valence-electron chi connectivity index (χ3n) is 5.02. The lowest BCUT2D eigenvalue weighted by atomic mass is 9.98. The molecular weight excluding hydrogens is 438 g/mol. The van der Waals surface area contributed by atoms with Gasteiger partial charge in [-0.2, -0.15) is 0 Å². The van der Waals surface area contributed by atoms with E-state index in [1.165, 1.54) is 0 Å². The van der Waals surface area contributed by atoms with E-state index in [-0.39, 0.29) is 11.7 Å². The average molecular weight is 472 g/mol. The quantitative estimate of drug-likeness (QED) is 0.353. The van der Waals surface area contributed by atoms with Crippen LogP contribution < -0.4 is 25.6 Å². The number of benzene rings is 2. The van der Waals surface area contributed by atoms with Gasteiger partial charge in [-0.3, -0.25) is 25.8 Å². The highest BCUT2D eigenvalue weighted by Crippen LogP contribution is 2.28. The van der Waals surface area contributed by atoms with Crippen molar-refractivity contribution >= 4 is 29.1 Å². The monoisotopic (exact) mass is 471 g/mol. The maximum absolute atomic E-state index is 12.4. The molecule has 1 atom stereocenters. The third-order valence-corrected chi connectivity index (χ3v) is 5.23. The Morgan fingerprint density at radius 2 is 1.76 bits per heavy atom. The Kier molecular flexibility index (Phi) is 10.6. The normalized spacial score (nSPS) is 11.4. The molecule has 8 heteroatoms. The summed E-state index contributed by atoms with van der Waals surface area (Å²) >= 11 is 5.10. The van der Waals surface area contributed by atoms with Crippen LogP contribution in [-0.2, 0) is 4.79 Å². The van der Waals surface area contributed by atoms with Crippen LogP contribution in [0.3, 0.4) is 0 Å². The Bertz CT molecular complexity index is 949. The predicted molar refractivity (Wildman–Crippen MR) is 133 cm³/mol. The number of hydrogen-bond acceptors (Lipinski definition) is 5. The molecule has 0 aliphatic rings. The summed E-state index contributed by atoms with van der Waals surface area (Å²) in [5.41, 5.74) is 6.40. The number of carbonyl (C=O) groups is 2. The van der Waals surface area contributed by atoms with Crippen LogP contribution in [0.2, 0.25) is 0 Å². The second kappa shape index (κ2) is 13.4. The molecule has 0 aliphatic carbocycles. The number of amides is 2. The van der Waals surface area contributed by atoms with Crippen molar-refractivity contribution in [3.05, 3.63) is 59.7 Å². The molecule has 1 unspecified atom stereocenters. The molecule has 0 spiro atoms. The summed E-state index contributed by atoms with van der Waals surface area (Å²) in [7, 11) is 0. The molecule has 178 valence electrons. The molecule has 0 heterocycles. The van der Waals surface area contributed by atoms with Gasteiger partial charge in [0.15, 0.2) is 11.7 Å². The fourth-order valence-electron chi connectivity index (χ4n) is 2.89. The van der Waals surface area contributed by atoms with Crippen molar-refractivity contribution in [1.29, 1.82) is 0 Å². The molecule has 0 aliphatic heterocycles. The van der Waals surface area contributed by atoms with Gasteiger partial charge in [0, 0.05) is 5.56 Å². The van der Waals surface area contributed by atoms with Gasteiger partial charge < -0.3 is 9.47 Å². The number of para-hydroxylation sites is 1. The van der Waals surface area contributed by atoms with Gasteiger partial charge in [-0.05, 0) is 66.7 Å². The van der Waals surface area contributed by atoms with Crippen molar-refractivity contribution in [2.75, 3.05) is 13.2 Å². The lowest BCUT2D eigenvalue weighted by molar-refractivity contribution is -0.123. The van der Waals surface area contributed by atoms with Crippen LogP contribution in [0.25, 0.3) is 0 Å². The van der Waals surface area contributed by atoms with E-state index >= 15 is 0 Å². The zero-order chi connectivity index (χ0) is 24.2. The van der Waals surface area contributed by atoms with Crippen molar-refractivity contribution in [3.8, 4) is 11.5 Å². The summed E-state index contributed by atoms with van der Waals surface area (Å²) in [4.78, 5) is 24.6. The first kappa shape index (κ1) is 26.1. The van der Waals surface area contributed by atoms with Crippen LogP contribution in [0.4, 0.5) is 0 Å². The summed E-state index contributed by atoms with van der Waals surface area (Å²) in [6.45, 7) is 8.85. The molecule has 0 saturated heterocycles. The van der Waals surface area contributed by atoms with E-state index in [9.17, 15) is 9.59 Å². The SMILES string of the molecule is CCC(C)c1ccccc1OCC(=O)NNC(=S)NC(=O)c1cccc(OCCC(C)C)c1. The highest BCUT2D eigenvalue weighted by atomic mass is 32.1. The van der Waals surface area contributed by atoms with Crippen molar-refractivity contribution in [1.82, 2.24) is 16.2 Å². The zero-order valence-corrected chi connectivity index (χ0v) is 20.5. The Morgan fingerprint density at radius 3 is 2.48 bits per heavy atom. The fraction of sp³-hybridized carbons (Fsp3) is 0.400. The van der Waals surface area contributed by atoms with Gasteiger partial charge in [-0.25, -0.2) is 0 Å². The maximum atomic E-state index is 12.4. The summed E-state index contributed by atoms with van der Waals surface area (Å²) < 4.78 is 11.4. The minimum Gasteiger partial charge on any atom is -0.494 e. The number of hydrogen-bond donors (Lipinski definition) is 3. The summed E-state index contributed by atoms with van der Waals surface area (Å²) in [6, 6.07) is 14.5. The van der Waals surface area contributed by atoms with E-state index in [1.807, 2.05) is 24.3 Å². The molecule has 3 N–H and O–H groups in total. The van der Waals surface area contributed by atoms with E-state index in [4.69, 9.17) is 21.7 Å². The number of ether oxygens (including phenoxy) is 2. The van der Waals surface area contributed by atoms with E-state index < -0.39 is 11.8 Å². The molecule has 2 rings (SSSR count). The number of nitrogens with one attached hydrogen (secondary N) is 3. The van der Waals surface area contributed by atoms with Crippen LogP contribution in [0.5, 0.6) is 11.5 Å². The number of carbonyl (C=O) groups excluding carboxylic acids is 2. The molecule has 0 aromatic heterocycles. The lowest BCUT2D eigenvalue weighted by Crippen LogP contribution is -2.49. The van der Waals surface area contributed by atoms with Crippen LogP contribution in [0.15, 0.2) is 48.5 Å². The molecule has 0 radical (unpaired) electrons. The molecular formula is C25H33N3O4S. The lowest BCUT2D eigenvalue weighted by Gasteiger charge is -2.16. The van der Waals surface area contributed by atoms with Gasteiger partial charge in [-0.15, -0.1) is 0 Å². The van der Waals surface area contributed by atoms with Gasteiger partial charge in [0.1, 0.15) is 11.5 Å². The molecule has 0 fully saturated rings. The van der Waals surface area contributed by atoms with Gasteiger partial charge in [0.2, 0.25) is 0 Å². The van der Waals surface area contributed by atoms with E-state index in [2.05, 4.69) is 43.9 Å². The molecule has 7 nitrogen and oxygen atoms in total. The average Bonchev–Trinajstić information content (AvgIpc) is 2.81. The van der Waals surface area contributed by atoms with E-state index in [1.54, 1.807) is 24.3 Å². The van der Waals surface area contributed by atoms with Crippen molar-refractivity contribution in [2.45, 2.75) is 46.5 Å². The first-order valence-corrected chi connectivity index (χ1v) is 11.6. The van der Waals surface area contributed by atoms with Crippen LogP contribution in [0.1, 0.15) is 62.4 Å². The highest BCUT2D eigenvalue weighted by molar-refractivity contribution is 7.80. The molecule has 0 bridgehead atoms. The minimum absolute atomic E-state index is 0.0283. The Morgan fingerprint density at radius 1 is 1.00 bits per heavy atom. The first-order chi connectivity index (χ1) is 15.8. The number of thiocarbonyl (C=S) groups is 1. The van der Waals surface area contributed by atoms with Crippen molar-refractivity contribution in [3.63, 3.8) is 0 Å². The van der Waals surface area contributed by atoms with E-state index in [0.29, 0.717) is 35.5 Å². The van der Waals surface area contributed by atoms with Crippen LogP contribution in [0, 0.1) is 5.92 Å². The van der Waals surface area contributed by atoms with Gasteiger partial charge in [0.25, 0.3) is 11.8 Å². The molecule has 2 aromatic carbocycles. The topological polar surface area (TPSA) is 88.7 Å².